The molecule has 2 rings (SSSR count). The number of allylic oxidation sites excluding steroid dienone is 6. The third-order valence-electron chi connectivity index (χ3n) is 4.59. The number of ketones is 1. The molecule has 0 unspecified atom stereocenters. The van der Waals surface area contributed by atoms with E-state index in [0.717, 1.165) is 17.6 Å². The van der Waals surface area contributed by atoms with Crippen LogP contribution in [-0.4, -0.2) is 22.2 Å². The summed E-state index contributed by atoms with van der Waals surface area (Å²) in [6, 6.07) is 9.63. The number of hydrogen-bond acceptors (Lipinski definition) is 6. The third kappa shape index (κ3) is 6.77. The first-order chi connectivity index (χ1) is 15.4. The van der Waals surface area contributed by atoms with Crippen LogP contribution >= 0.6 is 0 Å². The van der Waals surface area contributed by atoms with Gasteiger partial charge < -0.3 is 16.4 Å². The minimum atomic E-state index is -0.282. The third-order valence-corrected chi connectivity index (χ3v) is 4.59. The van der Waals surface area contributed by atoms with Crippen LogP contribution in [0.1, 0.15) is 34.1 Å². The molecule has 0 saturated heterocycles. The lowest BCUT2D eigenvalue weighted by molar-refractivity contribution is -0.112. The number of hydrogen-bond donors (Lipinski definition) is 3. The van der Waals surface area contributed by atoms with Crippen molar-refractivity contribution in [1.29, 1.82) is 0 Å². The molecule has 0 fully saturated rings. The van der Waals surface area contributed by atoms with Crippen LogP contribution in [0.25, 0.3) is 11.3 Å². The number of carbonyl (C=O) groups excluding carboxylic acids is 2. The highest BCUT2D eigenvalue weighted by molar-refractivity contribution is 6.10. The maximum atomic E-state index is 13.1. The van der Waals surface area contributed by atoms with Gasteiger partial charge in [0.25, 0.3) is 0 Å². The Kier molecular flexibility index (Phi) is 9.10. The second kappa shape index (κ2) is 12.0. The van der Waals surface area contributed by atoms with Gasteiger partial charge in [0.05, 0.1) is 18.1 Å². The molecule has 0 spiro atoms. The van der Waals surface area contributed by atoms with Crippen molar-refractivity contribution in [2.24, 2.45) is 5.73 Å². The predicted octanol–water partition coefficient (Wildman–Crippen LogP) is 4.25. The number of amides is 1. The maximum Gasteiger partial charge on any atom is 0.211 e. The number of nitrogens with zero attached hydrogens (tertiary/aromatic N) is 2. The van der Waals surface area contributed by atoms with Gasteiger partial charge in [-0.15, -0.1) is 0 Å². The topological polar surface area (TPSA) is 110 Å². The number of carbonyl (C=O) groups is 2. The molecule has 0 saturated carbocycles. The summed E-state index contributed by atoms with van der Waals surface area (Å²) in [4.78, 5) is 32.7. The number of benzene rings is 1. The molecule has 166 valence electrons. The highest BCUT2D eigenvalue weighted by Crippen LogP contribution is 2.19. The Labute approximate surface area is 188 Å². The number of anilines is 1. The van der Waals surface area contributed by atoms with Gasteiger partial charge in [0.2, 0.25) is 12.2 Å². The van der Waals surface area contributed by atoms with Crippen molar-refractivity contribution in [1.82, 2.24) is 15.3 Å². The van der Waals surface area contributed by atoms with E-state index in [1.54, 1.807) is 32.2 Å². The van der Waals surface area contributed by atoms with E-state index < -0.39 is 0 Å². The second-order valence-electron chi connectivity index (χ2n) is 7.16. The van der Waals surface area contributed by atoms with Gasteiger partial charge in [-0.1, -0.05) is 49.4 Å². The first-order valence-electron chi connectivity index (χ1n) is 10.3. The Morgan fingerprint density at radius 2 is 1.78 bits per heavy atom. The molecule has 4 N–H and O–H groups in total. The highest BCUT2D eigenvalue weighted by atomic mass is 16.1. The normalized spacial score (nSPS) is 13.3. The number of nitrogens with one attached hydrogen (secondary N) is 2. The van der Waals surface area contributed by atoms with Crippen molar-refractivity contribution >= 4 is 18.0 Å². The van der Waals surface area contributed by atoms with Crippen molar-refractivity contribution in [3.8, 4) is 11.3 Å². The van der Waals surface area contributed by atoms with Crippen LogP contribution in [0.15, 0.2) is 89.2 Å². The van der Waals surface area contributed by atoms with Crippen LogP contribution in [0, 0.1) is 0 Å². The zero-order valence-corrected chi connectivity index (χ0v) is 18.8. The van der Waals surface area contributed by atoms with E-state index in [1.165, 1.54) is 6.20 Å². The Morgan fingerprint density at radius 3 is 2.41 bits per heavy atom. The van der Waals surface area contributed by atoms with E-state index in [2.05, 4.69) is 20.6 Å². The summed E-state index contributed by atoms with van der Waals surface area (Å²) in [6.45, 7) is 7.24. The monoisotopic (exact) mass is 431 g/mol. The van der Waals surface area contributed by atoms with Crippen molar-refractivity contribution in [2.75, 3.05) is 5.32 Å². The van der Waals surface area contributed by atoms with Crippen molar-refractivity contribution in [2.45, 2.75) is 34.1 Å². The van der Waals surface area contributed by atoms with Crippen LogP contribution in [-0.2, 0) is 9.59 Å². The molecule has 7 nitrogen and oxygen atoms in total. The Hall–Kier alpha value is -4.00. The molecule has 0 bridgehead atoms. The van der Waals surface area contributed by atoms with Gasteiger partial charge in [0.15, 0.2) is 0 Å². The van der Waals surface area contributed by atoms with Gasteiger partial charge in [-0.3, -0.25) is 14.6 Å². The van der Waals surface area contributed by atoms with Crippen LogP contribution in [0.2, 0.25) is 0 Å². The number of nitrogens with two attached hydrogens (primary N) is 1. The average molecular weight is 432 g/mol. The molecular weight excluding hydrogens is 402 g/mol. The lowest BCUT2D eigenvalue weighted by atomic mass is 10.1. The van der Waals surface area contributed by atoms with Gasteiger partial charge in [0, 0.05) is 17.0 Å². The maximum absolute atomic E-state index is 13.1. The van der Waals surface area contributed by atoms with E-state index in [-0.39, 0.29) is 11.5 Å². The minimum absolute atomic E-state index is 0.220. The smallest absolute Gasteiger partial charge is 0.211 e. The molecular formula is C25H29N5O2. The van der Waals surface area contributed by atoms with Crippen LogP contribution in [0.3, 0.4) is 0 Å². The van der Waals surface area contributed by atoms with Crippen LogP contribution in [0.4, 0.5) is 5.82 Å². The van der Waals surface area contributed by atoms with Gasteiger partial charge in [-0.2, -0.15) is 0 Å². The lowest BCUT2D eigenvalue weighted by Crippen LogP contribution is -2.18. The van der Waals surface area contributed by atoms with E-state index in [4.69, 9.17) is 5.73 Å². The first-order valence-corrected chi connectivity index (χ1v) is 10.3. The van der Waals surface area contributed by atoms with Gasteiger partial charge in [-0.05, 0) is 44.4 Å². The second-order valence-corrected chi connectivity index (χ2v) is 7.16. The summed E-state index contributed by atoms with van der Waals surface area (Å²) in [6.07, 6.45) is 9.97. The Morgan fingerprint density at radius 1 is 1.06 bits per heavy atom. The molecule has 0 radical (unpaired) electrons. The highest BCUT2D eigenvalue weighted by Gasteiger charge is 2.15. The summed E-state index contributed by atoms with van der Waals surface area (Å²) >= 11 is 0. The van der Waals surface area contributed by atoms with Gasteiger partial charge in [-0.25, -0.2) is 4.98 Å². The molecule has 7 heteroatoms. The van der Waals surface area contributed by atoms with E-state index >= 15 is 0 Å². The molecule has 1 aromatic heterocycles. The van der Waals surface area contributed by atoms with Crippen molar-refractivity contribution in [3.63, 3.8) is 0 Å². The summed E-state index contributed by atoms with van der Waals surface area (Å²) in [5.41, 5.74) is 10.1. The molecule has 1 aromatic carbocycles. The molecule has 0 aliphatic carbocycles. The molecule has 32 heavy (non-hydrogen) atoms. The minimum Gasteiger partial charge on any atom is -0.400 e. The summed E-state index contributed by atoms with van der Waals surface area (Å²) in [5.74, 6) is 0.128. The lowest BCUT2D eigenvalue weighted by Gasteiger charge is -2.12. The van der Waals surface area contributed by atoms with Gasteiger partial charge in [0.1, 0.15) is 11.5 Å². The van der Waals surface area contributed by atoms with Crippen LogP contribution in [0.5, 0.6) is 0 Å². The zero-order valence-electron chi connectivity index (χ0n) is 18.8. The fourth-order valence-corrected chi connectivity index (χ4v) is 2.89. The van der Waals surface area contributed by atoms with Gasteiger partial charge >= 0.3 is 0 Å². The molecule has 1 amide bonds. The standard InChI is InChI=1S/C25H29N5O2/c1-5-9-17(2)21(28-16-31)13-12-18(3)25(32)24(19(4)26)30-23-15-27-14-22(29-23)20-10-7-6-8-11-20/h6-16H,5,26H2,1-4H3,(H,28,31)(H,29,30)/b17-9+,18-12+,21-13+,24-19+. The largest absolute Gasteiger partial charge is 0.400 e. The molecule has 0 aliphatic heterocycles. The quantitative estimate of drug-likeness (QED) is 0.295. The molecule has 2 aromatic rings. The number of Topliss-reactive ketones (excluding diaryl/α,β-unsaturated/α-hetero) is 1. The van der Waals surface area contributed by atoms with Crippen molar-refractivity contribution in [3.05, 3.63) is 89.2 Å². The predicted molar refractivity (Wildman–Crippen MR) is 128 cm³/mol. The molecule has 0 atom stereocenters. The fraction of sp³-hybridized carbons (Fsp3) is 0.200. The molecule has 1 heterocycles. The number of aromatic nitrogens is 2. The first kappa shape index (κ1) is 24.3. The van der Waals surface area contributed by atoms with E-state index in [0.29, 0.717) is 34.9 Å². The van der Waals surface area contributed by atoms with Crippen LogP contribution < -0.4 is 16.4 Å². The zero-order chi connectivity index (χ0) is 23.5. The Bertz CT molecular complexity index is 1080. The fourth-order valence-electron chi connectivity index (χ4n) is 2.89. The molecule has 0 aliphatic rings. The summed E-state index contributed by atoms with van der Waals surface area (Å²) in [7, 11) is 0. The van der Waals surface area contributed by atoms with E-state index in [1.807, 2.05) is 50.3 Å². The number of rotatable bonds is 10. The van der Waals surface area contributed by atoms with Crippen molar-refractivity contribution < 1.29 is 9.59 Å². The Balaban J connectivity index is 2.29. The summed E-state index contributed by atoms with van der Waals surface area (Å²) in [5, 5.41) is 5.67. The summed E-state index contributed by atoms with van der Waals surface area (Å²) < 4.78 is 0. The average Bonchev–Trinajstić information content (AvgIpc) is 2.80. The SMILES string of the molecule is CC/C=C(C)/C(=C\C=C(/C)C(=O)/C(Nc1cncc(-c2ccccc2)n1)=C(/C)N)NC=O. The van der Waals surface area contributed by atoms with E-state index in [9.17, 15) is 9.59 Å².